The number of carboxylic acid groups (broad SMARTS) is 1. The highest BCUT2D eigenvalue weighted by Crippen LogP contribution is 1.89. The number of rotatable bonds is 4. The molecule has 1 unspecified atom stereocenters. The van der Waals surface area contributed by atoms with E-state index in [9.17, 15) is 9.59 Å². The summed E-state index contributed by atoms with van der Waals surface area (Å²) in [6.45, 7) is 1.65. The molecule has 0 aliphatic heterocycles. The molecule has 0 saturated heterocycles. The van der Waals surface area contributed by atoms with Crippen molar-refractivity contribution in [2.75, 3.05) is 0 Å². The fourth-order valence-corrected chi connectivity index (χ4v) is 0.576. The van der Waals surface area contributed by atoms with Crippen LogP contribution in [0.5, 0.6) is 0 Å². The van der Waals surface area contributed by atoms with Crippen molar-refractivity contribution >= 4 is 11.9 Å². The summed E-state index contributed by atoms with van der Waals surface area (Å²) in [5.74, 6) is 0.986. The molecule has 1 atom stereocenters. The monoisotopic (exact) mass is 169 g/mol. The summed E-state index contributed by atoms with van der Waals surface area (Å²) in [5.41, 5.74) is 0. The van der Waals surface area contributed by atoms with Gasteiger partial charge in [-0.1, -0.05) is 5.92 Å². The predicted molar refractivity (Wildman–Crippen MR) is 43.3 cm³/mol. The minimum Gasteiger partial charge on any atom is -0.481 e. The van der Waals surface area contributed by atoms with Crippen LogP contribution >= 0.6 is 0 Å². The van der Waals surface area contributed by atoms with Crippen molar-refractivity contribution < 1.29 is 14.7 Å². The van der Waals surface area contributed by atoms with Gasteiger partial charge in [0.2, 0.25) is 5.91 Å². The van der Waals surface area contributed by atoms with Crippen LogP contribution in [0, 0.1) is 12.3 Å². The number of carbonyl (C=O) groups is 2. The normalized spacial score (nSPS) is 11.3. The van der Waals surface area contributed by atoms with Gasteiger partial charge in [0.1, 0.15) is 0 Å². The number of nitrogens with one attached hydrogen (secondary N) is 1. The molecule has 0 aliphatic carbocycles. The summed E-state index contributed by atoms with van der Waals surface area (Å²) in [7, 11) is 0. The maximum absolute atomic E-state index is 10.8. The van der Waals surface area contributed by atoms with Gasteiger partial charge in [0.25, 0.3) is 0 Å². The first kappa shape index (κ1) is 10.5. The molecule has 0 fully saturated rings. The highest BCUT2D eigenvalue weighted by atomic mass is 16.4. The van der Waals surface area contributed by atoms with Crippen LogP contribution < -0.4 is 5.32 Å². The van der Waals surface area contributed by atoms with Crippen molar-refractivity contribution in [3.63, 3.8) is 0 Å². The van der Waals surface area contributed by atoms with Gasteiger partial charge < -0.3 is 10.4 Å². The summed E-state index contributed by atoms with van der Waals surface area (Å²) in [6, 6.07) is -0.341. The minimum absolute atomic E-state index is 0.0264. The first-order valence-corrected chi connectivity index (χ1v) is 3.53. The number of carbonyl (C=O) groups excluding carboxylic acids is 1. The zero-order valence-corrected chi connectivity index (χ0v) is 6.83. The SMILES string of the molecule is C#CC(C)NC(=O)CCC(=O)O. The summed E-state index contributed by atoms with van der Waals surface area (Å²) < 4.78 is 0. The molecule has 0 heterocycles. The Bertz CT molecular complexity index is 217. The molecule has 0 rings (SSSR count). The van der Waals surface area contributed by atoms with Gasteiger partial charge in [0, 0.05) is 6.42 Å². The molecular weight excluding hydrogens is 158 g/mol. The van der Waals surface area contributed by atoms with Crippen molar-refractivity contribution in [2.24, 2.45) is 0 Å². The Labute approximate surface area is 71.0 Å². The summed E-state index contributed by atoms with van der Waals surface area (Å²) >= 11 is 0. The molecule has 66 valence electrons. The minimum atomic E-state index is -0.987. The molecule has 0 aromatic rings. The molecular formula is C8H11NO3. The highest BCUT2D eigenvalue weighted by molar-refractivity contribution is 5.80. The number of hydrogen-bond donors (Lipinski definition) is 2. The molecule has 0 bridgehead atoms. The second-order valence-corrected chi connectivity index (χ2v) is 2.35. The van der Waals surface area contributed by atoms with Crippen LogP contribution in [0.1, 0.15) is 19.8 Å². The summed E-state index contributed by atoms with van der Waals surface area (Å²) in [6.07, 6.45) is 4.81. The lowest BCUT2D eigenvalue weighted by molar-refractivity contribution is -0.138. The topological polar surface area (TPSA) is 66.4 Å². The molecule has 4 heteroatoms. The van der Waals surface area contributed by atoms with Gasteiger partial charge in [-0.15, -0.1) is 6.42 Å². The Morgan fingerprint density at radius 3 is 2.58 bits per heavy atom. The van der Waals surface area contributed by atoms with Crippen LogP contribution in [-0.2, 0) is 9.59 Å². The fourth-order valence-electron chi connectivity index (χ4n) is 0.576. The van der Waals surface area contributed by atoms with Crippen LogP contribution in [0.25, 0.3) is 0 Å². The Hall–Kier alpha value is -1.50. The van der Waals surface area contributed by atoms with Gasteiger partial charge in [-0.3, -0.25) is 9.59 Å². The standard InChI is InChI=1S/C8H11NO3/c1-3-6(2)9-7(10)4-5-8(11)12/h1,6H,4-5H2,2H3,(H,9,10)(H,11,12). The zero-order chi connectivity index (χ0) is 9.56. The zero-order valence-electron chi connectivity index (χ0n) is 6.83. The van der Waals surface area contributed by atoms with Crippen LogP contribution in [0.3, 0.4) is 0 Å². The number of amides is 1. The molecule has 12 heavy (non-hydrogen) atoms. The molecule has 1 amide bonds. The van der Waals surface area contributed by atoms with Crippen molar-refractivity contribution in [2.45, 2.75) is 25.8 Å². The molecule has 2 N–H and O–H groups in total. The Kier molecular flexibility index (Phi) is 4.54. The largest absolute Gasteiger partial charge is 0.481 e. The first-order valence-electron chi connectivity index (χ1n) is 3.53. The molecule has 0 aliphatic rings. The third-order valence-electron chi connectivity index (χ3n) is 1.19. The average molecular weight is 169 g/mol. The molecule has 0 spiro atoms. The molecule has 0 aromatic heterocycles. The van der Waals surface area contributed by atoms with E-state index in [0.717, 1.165) is 0 Å². The Balaban J connectivity index is 3.62. The maximum Gasteiger partial charge on any atom is 0.303 e. The van der Waals surface area contributed by atoms with Crippen LogP contribution in [0.2, 0.25) is 0 Å². The van der Waals surface area contributed by atoms with Gasteiger partial charge in [0.05, 0.1) is 12.5 Å². The predicted octanol–water partition coefficient (Wildman–Crippen LogP) is -0.0109. The van der Waals surface area contributed by atoms with Crippen LogP contribution in [0.4, 0.5) is 0 Å². The van der Waals surface area contributed by atoms with Crippen molar-refractivity contribution in [3.05, 3.63) is 0 Å². The van der Waals surface area contributed by atoms with Gasteiger partial charge in [-0.05, 0) is 6.92 Å². The summed E-state index contributed by atoms with van der Waals surface area (Å²) in [5, 5.41) is 10.7. The molecule has 0 saturated carbocycles. The smallest absolute Gasteiger partial charge is 0.303 e. The van der Waals surface area contributed by atoms with Crippen LogP contribution in [-0.4, -0.2) is 23.0 Å². The van der Waals surface area contributed by atoms with E-state index in [1.807, 2.05) is 0 Å². The van der Waals surface area contributed by atoms with E-state index in [-0.39, 0.29) is 24.8 Å². The first-order chi connectivity index (χ1) is 5.56. The average Bonchev–Trinajstić information content (AvgIpc) is 2.00. The lowest BCUT2D eigenvalue weighted by atomic mass is 10.2. The molecule has 0 radical (unpaired) electrons. The van der Waals surface area contributed by atoms with Crippen molar-refractivity contribution in [3.8, 4) is 12.3 Å². The second-order valence-electron chi connectivity index (χ2n) is 2.35. The lowest BCUT2D eigenvalue weighted by Crippen LogP contribution is -2.31. The molecule has 4 nitrogen and oxygen atoms in total. The lowest BCUT2D eigenvalue weighted by Gasteiger charge is -2.05. The number of aliphatic carboxylic acids is 1. The van der Waals surface area contributed by atoms with E-state index in [1.165, 1.54) is 0 Å². The van der Waals surface area contributed by atoms with Crippen molar-refractivity contribution in [1.82, 2.24) is 5.32 Å². The quantitative estimate of drug-likeness (QED) is 0.581. The maximum atomic E-state index is 10.8. The third kappa shape index (κ3) is 5.30. The van der Waals surface area contributed by atoms with Gasteiger partial charge in [-0.2, -0.15) is 0 Å². The highest BCUT2D eigenvalue weighted by Gasteiger charge is 2.06. The molecule has 0 aromatic carbocycles. The van der Waals surface area contributed by atoms with E-state index in [1.54, 1.807) is 6.92 Å². The van der Waals surface area contributed by atoms with E-state index < -0.39 is 5.97 Å². The van der Waals surface area contributed by atoms with Crippen molar-refractivity contribution in [1.29, 1.82) is 0 Å². The van der Waals surface area contributed by atoms with Gasteiger partial charge >= 0.3 is 5.97 Å². The number of carboxylic acids is 1. The Morgan fingerprint density at radius 1 is 1.58 bits per heavy atom. The Morgan fingerprint density at radius 2 is 2.17 bits per heavy atom. The number of hydrogen-bond acceptors (Lipinski definition) is 2. The van der Waals surface area contributed by atoms with Crippen LogP contribution in [0.15, 0.2) is 0 Å². The second kappa shape index (κ2) is 5.19. The number of terminal acetylenes is 1. The third-order valence-corrected chi connectivity index (χ3v) is 1.19. The fraction of sp³-hybridized carbons (Fsp3) is 0.500. The van der Waals surface area contributed by atoms with E-state index in [2.05, 4.69) is 11.2 Å². The summed E-state index contributed by atoms with van der Waals surface area (Å²) in [4.78, 5) is 20.9. The van der Waals surface area contributed by atoms with E-state index in [4.69, 9.17) is 11.5 Å². The van der Waals surface area contributed by atoms with E-state index >= 15 is 0 Å². The van der Waals surface area contributed by atoms with Gasteiger partial charge in [0.15, 0.2) is 0 Å². The van der Waals surface area contributed by atoms with E-state index in [0.29, 0.717) is 0 Å². The van der Waals surface area contributed by atoms with Gasteiger partial charge in [-0.25, -0.2) is 0 Å².